The third kappa shape index (κ3) is 4.56. The molecule has 2 N–H and O–H groups in total. The molecule has 0 aliphatic heterocycles. The molecule has 0 heterocycles. The highest BCUT2D eigenvalue weighted by molar-refractivity contribution is 9.10. The van der Waals surface area contributed by atoms with Gasteiger partial charge in [-0.25, -0.2) is 0 Å². The Morgan fingerprint density at radius 3 is 2.05 bits per heavy atom. The van der Waals surface area contributed by atoms with Crippen LogP contribution in [0.2, 0.25) is 0 Å². The van der Waals surface area contributed by atoms with E-state index in [1.54, 1.807) is 0 Å². The average molecular weight is 330 g/mol. The van der Waals surface area contributed by atoms with Gasteiger partial charge in [0.25, 0.3) is 0 Å². The molecule has 19 heavy (non-hydrogen) atoms. The van der Waals surface area contributed by atoms with Gasteiger partial charge in [-0.2, -0.15) is 0 Å². The quantitative estimate of drug-likeness (QED) is 0.742. The van der Waals surface area contributed by atoms with Gasteiger partial charge in [-0.3, -0.25) is 0 Å². The molecule has 0 saturated heterocycles. The molecule has 3 nitrogen and oxygen atoms in total. The summed E-state index contributed by atoms with van der Waals surface area (Å²) in [4.78, 5) is 0. The maximum atomic E-state index is 6.24. The Balaban J connectivity index is 2.96. The number of halogens is 1. The molecule has 1 atom stereocenters. The normalized spacial score (nSPS) is 13.5. The summed E-state index contributed by atoms with van der Waals surface area (Å²) in [6.45, 7) is 7.17. The van der Waals surface area contributed by atoms with E-state index >= 15 is 0 Å². The summed E-state index contributed by atoms with van der Waals surface area (Å²) < 4.78 is 12.9. The molecule has 0 aromatic heterocycles. The Bertz CT molecular complexity index is 361. The highest BCUT2D eigenvalue weighted by atomic mass is 79.9. The van der Waals surface area contributed by atoms with E-state index in [0.717, 1.165) is 16.5 Å². The van der Waals surface area contributed by atoms with Crippen molar-refractivity contribution in [3.8, 4) is 0 Å². The first-order chi connectivity index (χ1) is 9.07. The minimum atomic E-state index is -0.730. The van der Waals surface area contributed by atoms with Gasteiger partial charge in [-0.05, 0) is 38.0 Å². The lowest BCUT2D eigenvalue weighted by atomic mass is 9.96. The summed E-state index contributed by atoms with van der Waals surface area (Å²) in [5.74, 6) is -0.730. The van der Waals surface area contributed by atoms with Gasteiger partial charge in [0.1, 0.15) is 0 Å². The van der Waals surface area contributed by atoms with Crippen molar-refractivity contribution in [3.63, 3.8) is 0 Å². The van der Waals surface area contributed by atoms with Crippen LogP contribution in [0.5, 0.6) is 0 Å². The fourth-order valence-electron chi connectivity index (χ4n) is 2.18. The van der Waals surface area contributed by atoms with E-state index in [9.17, 15) is 0 Å². The Morgan fingerprint density at radius 1 is 1.11 bits per heavy atom. The highest BCUT2D eigenvalue weighted by Crippen LogP contribution is 2.25. The van der Waals surface area contributed by atoms with Gasteiger partial charge in [-0.1, -0.05) is 35.0 Å². The van der Waals surface area contributed by atoms with Crippen molar-refractivity contribution in [3.05, 3.63) is 34.3 Å². The molecule has 108 valence electrons. The summed E-state index contributed by atoms with van der Waals surface area (Å²) >= 11 is 3.44. The molecular formula is C15H24BrNO2. The Hall–Kier alpha value is -0.420. The Labute approximate surface area is 124 Å². The van der Waals surface area contributed by atoms with Crippen LogP contribution < -0.4 is 5.73 Å². The predicted molar refractivity (Wildman–Crippen MR) is 82.1 cm³/mol. The van der Waals surface area contributed by atoms with Crippen molar-refractivity contribution < 1.29 is 9.47 Å². The second-order valence-electron chi connectivity index (χ2n) is 4.50. The third-order valence-corrected chi connectivity index (χ3v) is 3.67. The second kappa shape index (κ2) is 8.00. The molecule has 0 spiro atoms. The molecule has 1 rings (SSSR count). The zero-order valence-electron chi connectivity index (χ0n) is 12.0. The van der Waals surface area contributed by atoms with Gasteiger partial charge < -0.3 is 15.2 Å². The molecule has 0 aliphatic carbocycles. The molecular weight excluding hydrogens is 306 g/mol. The minimum absolute atomic E-state index is 0.143. The van der Waals surface area contributed by atoms with Gasteiger partial charge in [0.05, 0.1) is 6.04 Å². The second-order valence-corrected chi connectivity index (χ2v) is 5.41. The Kier molecular flexibility index (Phi) is 7.00. The number of rotatable bonds is 8. The SMILES string of the molecule is CCOC(Cc1ccc(Br)cc1)(OCC)C(N)CC. The van der Waals surface area contributed by atoms with E-state index in [0.29, 0.717) is 19.6 Å². The first-order valence-electron chi connectivity index (χ1n) is 6.85. The molecule has 4 heteroatoms. The highest BCUT2D eigenvalue weighted by Gasteiger charge is 2.37. The molecule has 0 saturated carbocycles. The molecule has 1 unspecified atom stereocenters. The van der Waals surface area contributed by atoms with E-state index in [1.165, 1.54) is 0 Å². The van der Waals surface area contributed by atoms with Crippen molar-refractivity contribution in [1.82, 2.24) is 0 Å². The topological polar surface area (TPSA) is 44.5 Å². The number of benzene rings is 1. The summed E-state index contributed by atoms with van der Waals surface area (Å²) in [5.41, 5.74) is 7.40. The maximum absolute atomic E-state index is 6.24. The third-order valence-electron chi connectivity index (χ3n) is 3.15. The summed E-state index contributed by atoms with van der Waals surface area (Å²) in [6.07, 6.45) is 1.48. The van der Waals surface area contributed by atoms with E-state index in [4.69, 9.17) is 15.2 Å². The van der Waals surface area contributed by atoms with E-state index in [2.05, 4.69) is 35.0 Å². The lowest BCUT2D eigenvalue weighted by molar-refractivity contribution is -0.244. The fourth-order valence-corrected chi connectivity index (χ4v) is 2.44. The van der Waals surface area contributed by atoms with Gasteiger partial charge in [-0.15, -0.1) is 0 Å². The average Bonchev–Trinajstić information content (AvgIpc) is 2.41. The molecule has 0 aliphatic rings. The smallest absolute Gasteiger partial charge is 0.187 e. The zero-order chi connectivity index (χ0) is 14.3. The van der Waals surface area contributed by atoms with Gasteiger partial charge in [0.15, 0.2) is 5.79 Å². The number of nitrogens with two attached hydrogens (primary N) is 1. The fraction of sp³-hybridized carbons (Fsp3) is 0.600. The van der Waals surface area contributed by atoms with Crippen LogP contribution in [0.25, 0.3) is 0 Å². The van der Waals surface area contributed by atoms with Crippen LogP contribution in [-0.2, 0) is 15.9 Å². The van der Waals surface area contributed by atoms with E-state index in [1.807, 2.05) is 26.0 Å². The zero-order valence-corrected chi connectivity index (χ0v) is 13.6. The van der Waals surface area contributed by atoms with Crippen molar-refractivity contribution >= 4 is 15.9 Å². The van der Waals surface area contributed by atoms with Crippen molar-refractivity contribution in [2.24, 2.45) is 5.73 Å². The maximum Gasteiger partial charge on any atom is 0.187 e. The van der Waals surface area contributed by atoms with Crippen molar-refractivity contribution in [2.75, 3.05) is 13.2 Å². The molecule has 0 bridgehead atoms. The minimum Gasteiger partial charge on any atom is -0.348 e. The molecule has 0 amide bonds. The van der Waals surface area contributed by atoms with Crippen LogP contribution in [0.4, 0.5) is 0 Å². The Morgan fingerprint density at radius 2 is 1.63 bits per heavy atom. The van der Waals surface area contributed by atoms with Crippen LogP contribution >= 0.6 is 15.9 Å². The van der Waals surface area contributed by atoms with Crippen LogP contribution in [-0.4, -0.2) is 25.0 Å². The molecule has 0 fully saturated rings. The standard InChI is InChI=1S/C15H24BrNO2/c1-4-14(17)15(18-5-2,19-6-3)11-12-7-9-13(16)10-8-12/h7-10,14H,4-6,11,17H2,1-3H3. The predicted octanol–water partition coefficient (Wildman–Crippen LogP) is 3.50. The largest absolute Gasteiger partial charge is 0.348 e. The molecule has 1 aromatic rings. The van der Waals surface area contributed by atoms with E-state index < -0.39 is 5.79 Å². The van der Waals surface area contributed by atoms with Gasteiger partial charge in [0, 0.05) is 24.1 Å². The van der Waals surface area contributed by atoms with Crippen LogP contribution in [0.15, 0.2) is 28.7 Å². The van der Waals surface area contributed by atoms with Crippen LogP contribution in [0.1, 0.15) is 32.8 Å². The van der Waals surface area contributed by atoms with Crippen molar-refractivity contribution in [1.29, 1.82) is 0 Å². The van der Waals surface area contributed by atoms with E-state index in [-0.39, 0.29) is 6.04 Å². The summed E-state index contributed by atoms with van der Waals surface area (Å²) in [7, 11) is 0. The molecule has 1 aromatic carbocycles. The lowest BCUT2D eigenvalue weighted by Gasteiger charge is -2.38. The first-order valence-corrected chi connectivity index (χ1v) is 7.65. The number of ether oxygens (including phenoxy) is 2. The lowest BCUT2D eigenvalue weighted by Crippen LogP contribution is -2.53. The van der Waals surface area contributed by atoms with Crippen LogP contribution in [0, 0.1) is 0 Å². The summed E-state index contributed by atoms with van der Waals surface area (Å²) in [5, 5.41) is 0. The van der Waals surface area contributed by atoms with Crippen molar-refractivity contribution in [2.45, 2.75) is 45.4 Å². The first kappa shape index (κ1) is 16.6. The van der Waals surface area contributed by atoms with Crippen LogP contribution in [0.3, 0.4) is 0 Å². The number of hydrogen-bond acceptors (Lipinski definition) is 3. The monoisotopic (exact) mass is 329 g/mol. The summed E-state index contributed by atoms with van der Waals surface area (Å²) in [6, 6.07) is 8.04. The number of hydrogen-bond donors (Lipinski definition) is 1. The molecule has 0 radical (unpaired) electrons. The van der Waals surface area contributed by atoms with Gasteiger partial charge in [0.2, 0.25) is 0 Å². The van der Waals surface area contributed by atoms with Gasteiger partial charge >= 0.3 is 0 Å².